The van der Waals surface area contributed by atoms with Crippen LogP contribution in [-0.4, -0.2) is 16.1 Å². The van der Waals surface area contributed by atoms with Gasteiger partial charge in [0.2, 0.25) is 0 Å². The maximum atomic E-state index is 12.4. The van der Waals surface area contributed by atoms with Crippen LogP contribution in [0.3, 0.4) is 0 Å². The summed E-state index contributed by atoms with van der Waals surface area (Å²) >= 11 is 2.70. The smallest absolute Gasteiger partial charge is 0.417 e. The number of hydrogen-bond donors (Lipinski definition) is 1. The minimum atomic E-state index is -4.52. The summed E-state index contributed by atoms with van der Waals surface area (Å²) in [5.41, 5.74) is -1.05. The van der Waals surface area contributed by atoms with E-state index < -0.39 is 24.1 Å². The van der Waals surface area contributed by atoms with Gasteiger partial charge in [0, 0.05) is 10.7 Å². The van der Waals surface area contributed by atoms with E-state index in [0.717, 1.165) is 12.3 Å². The number of halogens is 4. The van der Waals surface area contributed by atoms with Crippen molar-refractivity contribution in [2.75, 3.05) is 0 Å². The van der Waals surface area contributed by atoms with E-state index in [2.05, 4.69) is 20.9 Å². The first-order chi connectivity index (χ1) is 6.80. The number of alkyl halides is 3. The van der Waals surface area contributed by atoms with Crippen LogP contribution in [0, 0.1) is 0 Å². The summed E-state index contributed by atoms with van der Waals surface area (Å²) in [5.74, 6) is -1.22. The summed E-state index contributed by atoms with van der Waals surface area (Å²) < 4.78 is 36.9. The standard InChI is InChI=1S/C8H5BrF3NO2/c9-6-3-13-4(2-7(14)15)1-5(6)8(10,11)12/h1,3H,2H2,(H,14,15). The Hall–Kier alpha value is -1.11. The predicted octanol–water partition coefficient (Wildman–Crippen LogP) is 2.49. The lowest BCUT2D eigenvalue weighted by Crippen LogP contribution is -2.09. The van der Waals surface area contributed by atoms with E-state index >= 15 is 0 Å². The highest BCUT2D eigenvalue weighted by Crippen LogP contribution is 2.34. The van der Waals surface area contributed by atoms with Crippen LogP contribution < -0.4 is 0 Å². The Morgan fingerprint density at radius 1 is 1.53 bits per heavy atom. The van der Waals surface area contributed by atoms with E-state index in [4.69, 9.17) is 5.11 Å². The molecule has 1 aromatic heterocycles. The molecule has 0 spiro atoms. The normalized spacial score (nSPS) is 11.5. The van der Waals surface area contributed by atoms with Gasteiger partial charge in [0.05, 0.1) is 17.7 Å². The van der Waals surface area contributed by atoms with Crippen molar-refractivity contribution in [2.45, 2.75) is 12.6 Å². The first kappa shape index (κ1) is 12.0. The molecule has 0 amide bonds. The molecule has 0 saturated heterocycles. The Balaban J connectivity index is 3.11. The lowest BCUT2D eigenvalue weighted by Gasteiger charge is -2.09. The van der Waals surface area contributed by atoms with Crippen molar-refractivity contribution >= 4 is 21.9 Å². The lowest BCUT2D eigenvalue weighted by atomic mass is 10.2. The molecule has 0 unspecified atom stereocenters. The summed E-state index contributed by atoms with van der Waals surface area (Å²) in [6.45, 7) is 0. The zero-order chi connectivity index (χ0) is 11.6. The van der Waals surface area contributed by atoms with Crippen LogP contribution in [0.2, 0.25) is 0 Å². The quantitative estimate of drug-likeness (QED) is 0.907. The molecule has 0 aliphatic rings. The minimum Gasteiger partial charge on any atom is -0.481 e. The maximum Gasteiger partial charge on any atom is 0.417 e. The van der Waals surface area contributed by atoms with Crippen LogP contribution in [0.15, 0.2) is 16.7 Å². The molecule has 0 saturated carbocycles. The van der Waals surface area contributed by atoms with Gasteiger partial charge in [-0.1, -0.05) is 0 Å². The summed E-state index contributed by atoms with van der Waals surface area (Å²) in [5, 5.41) is 8.40. The molecule has 7 heteroatoms. The van der Waals surface area contributed by atoms with Crippen LogP contribution in [0.1, 0.15) is 11.3 Å². The molecule has 1 aromatic rings. The van der Waals surface area contributed by atoms with Crippen LogP contribution in [0.25, 0.3) is 0 Å². The van der Waals surface area contributed by atoms with E-state index in [9.17, 15) is 18.0 Å². The number of aliphatic carboxylic acids is 1. The molecule has 0 aromatic carbocycles. The Morgan fingerprint density at radius 3 is 2.60 bits per heavy atom. The van der Waals surface area contributed by atoms with Crippen molar-refractivity contribution in [1.29, 1.82) is 0 Å². The highest BCUT2D eigenvalue weighted by Gasteiger charge is 2.33. The first-order valence-electron chi connectivity index (χ1n) is 3.74. The van der Waals surface area contributed by atoms with Gasteiger partial charge in [0.15, 0.2) is 0 Å². The van der Waals surface area contributed by atoms with E-state index in [1.807, 2.05) is 0 Å². The van der Waals surface area contributed by atoms with Crippen molar-refractivity contribution < 1.29 is 23.1 Å². The largest absolute Gasteiger partial charge is 0.481 e. The predicted molar refractivity (Wildman–Crippen MR) is 48.3 cm³/mol. The molecular weight excluding hydrogens is 279 g/mol. The summed E-state index contributed by atoms with van der Waals surface area (Å²) in [7, 11) is 0. The van der Waals surface area contributed by atoms with Gasteiger partial charge in [-0.2, -0.15) is 13.2 Å². The van der Waals surface area contributed by atoms with Gasteiger partial charge < -0.3 is 5.11 Å². The Bertz CT molecular complexity index is 392. The third-order valence-corrected chi connectivity index (χ3v) is 2.18. The molecule has 0 radical (unpaired) electrons. The van der Waals surface area contributed by atoms with Crippen LogP contribution in [-0.2, 0) is 17.4 Å². The molecule has 0 bridgehead atoms. The molecule has 1 N–H and O–H groups in total. The molecule has 82 valence electrons. The SMILES string of the molecule is O=C(O)Cc1cc(C(F)(F)F)c(Br)cn1. The minimum absolute atomic E-state index is 0.127. The molecule has 1 rings (SSSR count). The van der Waals surface area contributed by atoms with E-state index in [0.29, 0.717) is 0 Å². The monoisotopic (exact) mass is 283 g/mol. The Labute approximate surface area is 91.1 Å². The van der Waals surface area contributed by atoms with Crippen LogP contribution in [0.4, 0.5) is 13.2 Å². The number of carboxylic acid groups (broad SMARTS) is 1. The number of rotatable bonds is 2. The second-order valence-electron chi connectivity index (χ2n) is 2.72. The lowest BCUT2D eigenvalue weighted by molar-refractivity contribution is -0.139. The third-order valence-electron chi connectivity index (χ3n) is 1.55. The average Bonchev–Trinajstić information content (AvgIpc) is 2.05. The molecule has 1 heterocycles. The molecule has 0 aliphatic carbocycles. The summed E-state index contributed by atoms with van der Waals surface area (Å²) in [4.78, 5) is 13.8. The highest BCUT2D eigenvalue weighted by atomic mass is 79.9. The van der Waals surface area contributed by atoms with Crippen LogP contribution >= 0.6 is 15.9 Å². The molecule has 0 fully saturated rings. The molecule has 0 aliphatic heterocycles. The Kier molecular flexibility index (Phi) is 3.33. The molecule has 15 heavy (non-hydrogen) atoms. The molecule has 3 nitrogen and oxygen atoms in total. The van der Waals surface area contributed by atoms with E-state index in [1.54, 1.807) is 0 Å². The molecular formula is C8H5BrF3NO2. The van der Waals surface area contributed by atoms with Gasteiger partial charge >= 0.3 is 12.1 Å². The first-order valence-corrected chi connectivity index (χ1v) is 4.53. The Morgan fingerprint density at radius 2 is 2.13 bits per heavy atom. The number of nitrogens with zero attached hydrogens (tertiary/aromatic N) is 1. The fraction of sp³-hybridized carbons (Fsp3) is 0.250. The number of aromatic nitrogens is 1. The maximum absolute atomic E-state index is 12.4. The number of pyridine rings is 1. The van der Waals surface area contributed by atoms with Crippen molar-refractivity contribution in [1.82, 2.24) is 4.98 Å². The number of carbonyl (C=O) groups is 1. The zero-order valence-electron chi connectivity index (χ0n) is 7.18. The van der Waals surface area contributed by atoms with Gasteiger partial charge in [-0.25, -0.2) is 0 Å². The van der Waals surface area contributed by atoms with E-state index in [1.165, 1.54) is 0 Å². The number of carboxylic acids is 1. The average molecular weight is 284 g/mol. The summed E-state index contributed by atoms with van der Waals surface area (Å²) in [6.07, 6.45) is -4.10. The van der Waals surface area contributed by atoms with Crippen LogP contribution in [0.5, 0.6) is 0 Å². The third kappa shape index (κ3) is 3.19. The van der Waals surface area contributed by atoms with Gasteiger partial charge in [-0.15, -0.1) is 0 Å². The second-order valence-corrected chi connectivity index (χ2v) is 3.58. The topological polar surface area (TPSA) is 50.2 Å². The van der Waals surface area contributed by atoms with Gasteiger partial charge in [-0.05, 0) is 22.0 Å². The van der Waals surface area contributed by atoms with Crippen molar-refractivity contribution in [3.63, 3.8) is 0 Å². The van der Waals surface area contributed by atoms with E-state index in [-0.39, 0.29) is 10.2 Å². The highest BCUT2D eigenvalue weighted by molar-refractivity contribution is 9.10. The van der Waals surface area contributed by atoms with Crippen molar-refractivity contribution in [3.8, 4) is 0 Å². The van der Waals surface area contributed by atoms with Gasteiger partial charge in [0.25, 0.3) is 0 Å². The van der Waals surface area contributed by atoms with Gasteiger partial charge in [-0.3, -0.25) is 9.78 Å². The van der Waals surface area contributed by atoms with Crippen molar-refractivity contribution in [3.05, 3.63) is 28.0 Å². The fourth-order valence-corrected chi connectivity index (χ4v) is 1.39. The zero-order valence-corrected chi connectivity index (χ0v) is 8.76. The number of hydrogen-bond acceptors (Lipinski definition) is 2. The summed E-state index contributed by atoms with van der Waals surface area (Å²) in [6, 6.07) is 0.720. The van der Waals surface area contributed by atoms with Crippen molar-refractivity contribution in [2.24, 2.45) is 0 Å². The fourth-order valence-electron chi connectivity index (χ4n) is 0.951. The second kappa shape index (κ2) is 4.18. The van der Waals surface area contributed by atoms with Gasteiger partial charge in [0.1, 0.15) is 0 Å². The molecule has 0 atom stereocenters.